The van der Waals surface area contributed by atoms with Gasteiger partial charge in [0.05, 0.1) is 37.2 Å². The van der Waals surface area contributed by atoms with Gasteiger partial charge in [0.15, 0.2) is 0 Å². The van der Waals surface area contributed by atoms with Crippen molar-refractivity contribution in [3.63, 3.8) is 0 Å². The minimum absolute atomic E-state index is 0.280. The Morgan fingerprint density at radius 2 is 2.03 bits per heavy atom. The molecule has 0 aromatic carbocycles. The molecule has 0 unspecified atom stereocenters. The normalized spacial score (nSPS) is 19.0. The van der Waals surface area contributed by atoms with Gasteiger partial charge in [0.2, 0.25) is 11.7 Å². The molecule has 1 saturated carbocycles. The number of anilines is 1. The molecule has 0 bridgehead atoms. The molecule has 4 heterocycles. The lowest BCUT2D eigenvalue weighted by Gasteiger charge is -2.35. The molecule has 4 aromatic rings. The van der Waals surface area contributed by atoms with Crippen molar-refractivity contribution >= 4 is 28.8 Å². The third-order valence-electron chi connectivity index (χ3n) is 5.12. The predicted octanol–water partition coefficient (Wildman–Crippen LogP) is 2.70. The Morgan fingerprint density at radius 3 is 2.90 bits per heavy atom. The molecule has 1 fully saturated rings. The second kappa shape index (κ2) is 7.58. The Labute approximate surface area is 171 Å². The zero-order valence-corrected chi connectivity index (χ0v) is 16.6. The first-order valence-corrected chi connectivity index (χ1v) is 9.79. The van der Waals surface area contributed by atoms with Crippen LogP contribution in [-0.4, -0.2) is 61.4 Å². The molecule has 1 N–H and O–H groups in total. The lowest BCUT2D eigenvalue weighted by molar-refractivity contribution is -0.0261. The highest BCUT2D eigenvalue weighted by Gasteiger charge is 2.30. The van der Waals surface area contributed by atoms with Crippen molar-refractivity contribution in [1.29, 1.82) is 0 Å². The van der Waals surface area contributed by atoms with Crippen LogP contribution in [-0.2, 0) is 9.47 Å². The standard InChI is InChI=1S/C19H20ClN7O2/c1-28-4-5-29-14-6-13(7-14)24-18-21-9-16-15(2-3-27(16)25-18)12-8-22-19-23-10-17(20)26(19)11-12/h2-3,8-11,13-14H,4-7H2,1H3,(H,24,25). The van der Waals surface area contributed by atoms with Gasteiger partial charge in [-0.3, -0.25) is 4.40 Å². The molecular formula is C19H20ClN7O2. The zero-order chi connectivity index (χ0) is 19.8. The predicted molar refractivity (Wildman–Crippen MR) is 108 cm³/mol. The van der Waals surface area contributed by atoms with Crippen LogP contribution >= 0.6 is 11.6 Å². The monoisotopic (exact) mass is 413 g/mol. The fraction of sp³-hybridized carbons (Fsp3) is 0.368. The molecule has 4 aromatic heterocycles. The summed E-state index contributed by atoms with van der Waals surface area (Å²) in [5.74, 6) is 1.17. The van der Waals surface area contributed by atoms with Crippen molar-refractivity contribution < 1.29 is 9.47 Å². The van der Waals surface area contributed by atoms with E-state index in [-0.39, 0.29) is 6.10 Å². The molecule has 9 nitrogen and oxygen atoms in total. The maximum Gasteiger partial charge on any atom is 0.241 e. The average Bonchev–Trinajstić information content (AvgIpc) is 3.29. The first-order chi connectivity index (χ1) is 14.2. The fourth-order valence-electron chi connectivity index (χ4n) is 3.50. The summed E-state index contributed by atoms with van der Waals surface area (Å²) < 4.78 is 14.3. The zero-order valence-electron chi connectivity index (χ0n) is 15.8. The SMILES string of the molecule is COCCOC1CC(Nc2ncc3c(-c4cnc5ncc(Cl)n5c4)ccn3n2)C1. The summed E-state index contributed by atoms with van der Waals surface area (Å²) in [6, 6.07) is 2.31. The largest absolute Gasteiger partial charge is 0.382 e. The van der Waals surface area contributed by atoms with Gasteiger partial charge in [-0.25, -0.2) is 19.5 Å². The van der Waals surface area contributed by atoms with Gasteiger partial charge in [0.1, 0.15) is 5.15 Å². The molecular weight excluding hydrogens is 394 g/mol. The first kappa shape index (κ1) is 18.3. The van der Waals surface area contributed by atoms with Crippen LogP contribution in [0.4, 0.5) is 5.95 Å². The van der Waals surface area contributed by atoms with Gasteiger partial charge < -0.3 is 14.8 Å². The Hall–Kier alpha value is -2.75. The van der Waals surface area contributed by atoms with E-state index in [4.69, 9.17) is 21.1 Å². The van der Waals surface area contributed by atoms with Gasteiger partial charge in [-0.05, 0) is 18.9 Å². The van der Waals surface area contributed by atoms with Crippen molar-refractivity contribution in [2.75, 3.05) is 25.6 Å². The van der Waals surface area contributed by atoms with E-state index in [1.54, 1.807) is 23.9 Å². The highest BCUT2D eigenvalue weighted by molar-refractivity contribution is 6.29. The summed E-state index contributed by atoms with van der Waals surface area (Å²) in [7, 11) is 1.68. The Balaban J connectivity index is 1.30. The Bertz CT molecular complexity index is 1150. The van der Waals surface area contributed by atoms with Gasteiger partial charge in [0, 0.05) is 42.9 Å². The van der Waals surface area contributed by atoms with Crippen LogP contribution in [0.1, 0.15) is 12.8 Å². The minimum Gasteiger partial charge on any atom is -0.382 e. The minimum atomic E-state index is 0.280. The van der Waals surface area contributed by atoms with E-state index in [0.29, 0.717) is 36.1 Å². The van der Waals surface area contributed by atoms with Crippen LogP contribution < -0.4 is 5.32 Å². The van der Waals surface area contributed by atoms with Crippen LogP contribution in [0.2, 0.25) is 5.15 Å². The molecule has 0 saturated heterocycles. The maximum absolute atomic E-state index is 6.17. The summed E-state index contributed by atoms with van der Waals surface area (Å²) in [6.45, 7) is 1.26. The number of hydrogen-bond acceptors (Lipinski definition) is 7. The number of hydrogen-bond donors (Lipinski definition) is 1. The number of fused-ring (bicyclic) bond motifs is 2. The van der Waals surface area contributed by atoms with Crippen molar-refractivity contribution in [3.05, 3.63) is 42.2 Å². The van der Waals surface area contributed by atoms with E-state index in [0.717, 1.165) is 29.5 Å². The number of aromatic nitrogens is 6. The molecule has 1 aliphatic carbocycles. The summed E-state index contributed by atoms with van der Waals surface area (Å²) >= 11 is 6.17. The highest BCUT2D eigenvalue weighted by atomic mass is 35.5. The number of rotatable bonds is 7. The lowest BCUT2D eigenvalue weighted by Crippen LogP contribution is -2.41. The summed E-state index contributed by atoms with van der Waals surface area (Å²) in [4.78, 5) is 13.0. The van der Waals surface area contributed by atoms with Crippen molar-refractivity contribution in [2.45, 2.75) is 25.0 Å². The number of nitrogens with zero attached hydrogens (tertiary/aromatic N) is 6. The van der Waals surface area contributed by atoms with E-state index in [9.17, 15) is 0 Å². The van der Waals surface area contributed by atoms with Gasteiger partial charge >= 0.3 is 0 Å². The smallest absolute Gasteiger partial charge is 0.241 e. The number of methoxy groups -OCH3 is 1. The Kier molecular flexibility index (Phi) is 4.78. The molecule has 5 rings (SSSR count). The lowest BCUT2D eigenvalue weighted by atomic mass is 9.89. The van der Waals surface area contributed by atoms with E-state index < -0.39 is 0 Å². The van der Waals surface area contributed by atoms with Crippen LogP contribution in [0.5, 0.6) is 0 Å². The molecule has 0 amide bonds. The molecule has 29 heavy (non-hydrogen) atoms. The molecule has 0 atom stereocenters. The number of nitrogens with one attached hydrogen (secondary N) is 1. The fourth-order valence-corrected chi connectivity index (χ4v) is 3.67. The van der Waals surface area contributed by atoms with Crippen LogP contribution in [0.15, 0.2) is 37.1 Å². The number of halogens is 1. The van der Waals surface area contributed by atoms with Gasteiger partial charge in [-0.1, -0.05) is 11.6 Å². The highest BCUT2D eigenvalue weighted by Crippen LogP contribution is 2.28. The third-order valence-corrected chi connectivity index (χ3v) is 5.40. The Morgan fingerprint density at radius 1 is 1.17 bits per heavy atom. The molecule has 150 valence electrons. The first-order valence-electron chi connectivity index (χ1n) is 9.41. The average molecular weight is 414 g/mol. The van der Waals surface area contributed by atoms with Crippen molar-refractivity contribution in [3.8, 4) is 11.1 Å². The van der Waals surface area contributed by atoms with E-state index in [1.165, 1.54) is 0 Å². The van der Waals surface area contributed by atoms with E-state index in [2.05, 4.69) is 25.4 Å². The van der Waals surface area contributed by atoms with Gasteiger partial charge in [0.25, 0.3) is 0 Å². The van der Waals surface area contributed by atoms with Crippen molar-refractivity contribution in [1.82, 2.24) is 29.0 Å². The summed E-state index contributed by atoms with van der Waals surface area (Å²) in [5.41, 5.74) is 2.78. The number of imidazole rings is 1. The topological polar surface area (TPSA) is 90.9 Å². The van der Waals surface area contributed by atoms with E-state index >= 15 is 0 Å². The molecule has 10 heteroatoms. The van der Waals surface area contributed by atoms with Crippen LogP contribution in [0.25, 0.3) is 22.4 Å². The maximum atomic E-state index is 6.17. The quantitative estimate of drug-likeness (QED) is 0.466. The van der Waals surface area contributed by atoms with Crippen LogP contribution in [0, 0.1) is 0 Å². The summed E-state index contributed by atoms with van der Waals surface area (Å²) in [6.07, 6.45) is 11.2. The second-order valence-electron chi connectivity index (χ2n) is 7.03. The van der Waals surface area contributed by atoms with Gasteiger partial charge in [-0.2, -0.15) is 0 Å². The number of ether oxygens (including phenoxy) is 2. The molecule has 0 radical (unpaired) electrons. The van der Waals surface area contributed by atoms with Crippen LogP contribution in [0.3, 0.4) is 0 Å². The third kappa shape index (κ3) is 3.52. The molecule has 0 aliphatic heterocycles. The van der Waals surface area contributed by atoms with Gasteiger partial charge in [-0.15, -0.1) is 5.10 Å². The molecule has 1 aliphatic rings. The van der Waals surface area contributed by atoms with E-state index in [1.807, 2.05) is 29.2 Å². The van der Waals surface area contributed by atoms with Crippen molar-refractivity contribution in [2.24, 2.45) is 0 Å². The molecule has 0 spiro atoms. The second-order valence-corrected chi connectivity index (χ2v) is 7.42. The summed E-state index contributed by atoms with van der Waals surface area (Å²) in [5, 5.41) is 8.47.